The molecule has 114 valence electrons. The van der Waals surface area contributed by atoms with Crippen LogP contribution in [-0.4, -0.2) is 22.9 Å². The number of nitrogens with one attached hydrogen (secondary N) is 1. The van der Waals surface area contributed by atoms with E-state index in [4.69, 9.17) is 5.10 Å². The van der Waals surface area contributed by atoms with Gasteiger partial charge in [0.1, 0.15) is 0 Å². The molecule has 1 saturated carbocycles. The first-order valence-corrected chi connectivity index (χ1v) is 8.36. The summed E-state index contributed by atoms with van der Waals surface area (Å²) in [6, 6.07) is 3.27. The van der Waals surface area contributed by atoms with Crippen LogP contribution in [0.15, 0.2) is 12.3 Å². The molecular formula is C17H31N3. The summed E-state index contributed by atoms with van der Waals surface area (Å²) in [5, 5.41) is 8.37. The molecule has 2 rings (SSSR count). The highest BCUT2D eigenvalue weighted by Gasteiger charge is 2.39. The molecule has 20 heavy (non-hydrogen) atoms. The third-order valence-corrected chi connectivity index (χ3v) is 5.51. The average Bonchev–Trinajstić information content (AvgIpc) is 3.13. The van der Waals surface area contributed by atoms with Crippen LogP contribution in [0.2, 0.25) is 0 Å². The zero-order valence-electron chi connectivity index (χ0n) is 13.7. The predicted molar refractivity (Wildman–Crippen MR) is 85.0 cm³/mol. The second-order valence-electron chi connectivity index (χ2n) is 6.51. The third-order valence-electron chi connectivity index (χ3n) is 5.51. The standard InChI is InChI=1S/C17H31N3/c1-5-14(3)20-12-9-15(19-20)13-16(18-4)17(6-2)10-7-8-11-17/h9,12,14,16,18H,5-8,10-11,13H2,1-4H3. The maximum atomic E-state index is 4.78. The molecule has 0 bridgehead atoms. The fourth-order valence-electron chi connectivity index (χ4n) is 3.78. The predicted octanol–water partition coefficient (Wildman–Crippen LogP) is 3.96. The van der Waals surface area contributed by atoms with Crippen LogP contribution in [0.3, 0.4) is 0 Å². The van der Waals surface area contributed by atoms with Crippen LogP contribution in [0.5, 0.6) is 0 Å². The van der Waals surface area contributed by atoms with Crippen LogP contribution in [-0.2, 0) is 6.42 Å². The number of rotatable bonds is 7. The Labute approximate surface area is 124 Å². The van der Waals surface area contributed by atoms with E-state index in [-0.39, 0.29) is 0 Å². The molecule has 0 aliphatic heterocycles. The van der Waals surface area contributed by atoms with E-state index >= 15 is 0 Å². The van der Waals surface area contributed by atoms with Crippen molar-refractivity contribution in [3.05, 3.63) is 18.0 Å². The van der Waals surface area contributed by atoms with Crippen molar-refractivity contribution in [1.82, 2.24) is 15.1 Å². The van der Waals surface area contributed by atoms with E-state index in [0.29, 0.717) is 17.5 Å². The molecule has 1 aromatic heterocycles. The second kappa shape index (κ2) is 6.75. The first kappa shape index (κ1) is 15.6. The zero-order chi connectivity index (χ0) is 14.6. The first-order chi connectivity index (χ1) is 9.65. The summed E-state index contributed by atoms with van der Waals surface area (Å²) in [6.45, 7) is 6.80. The molecule has 1 N–H and O–H groups in total. The van der Waals surface area contributed by atoms with Crippen molar-refractivity contribution in [3.8, 4) is 0 Å². The largest absolute Gasteiger partial charge is 0.316 e. The maximum Gasteiger partial charge on any atom is 0.0640 e. The number of hydrogen-bond acceptors (Lipinski definition) is 2. The van der Waals surface area contributed by atoms with Crippen molar-refractivity contribution in [2.75, 3.05) is 7.05 Å². The summed E-state index contributed by atoms with van der Waals surface area (Å²) >= 11 is 0. The Hall–Kier alpha value is -0.830. The Kier molecular flexibility index (Phi) is 5.25. The average molecular weight is 277 g/mol. The van der Waals surface area contributed by atoms with Crippen molar-refractivity contribution in [2.24, 2.45) is 5.41 Å². The van der Waals surface area contributed by atoms with Crippen molar-refractivity contribution < 1.29 is 0 Å². The topological polar surface area (TPSA) is 29.9 Å². The summed E-state index contributed by atoms with van der Waals surface area (Å²) in [7, 11) is 2.12. The van der Waals surface area contributed by atoms with Gasteiger partial charge in [0, 0.05) is 24.7 Å². The number of aromatic nitrogens is 2. The highest BCUT2D eigenvalue weighted by Crippen LogP contribution is 2.44. The van der Waals surface area contributed by atoms with Crippen LogP contribution in [0, 0.1) is 5.41 Å². The lowest BCUT2D eigenvalue weighted by Crippen LogP contribution is -2.43. The van der Waals surface area contributed by atoms with E-state index in [9.17, 15) is 0 Å². The summed E-state index contributed by atoms with van der Waals surface area (Å²) in [5.74, 6) is 0. The Morgan fingerprint density at radius 3 is 2.60 bits per heavy atom. The lowest BCUT2D eigenvalue weighted by molar-refractivity contribution is 0.191. The van der Waals surface area contributed by atoms with Crippen LogP contribution in [0.1, 0.15) is 71.0 Å². The van der Waals surface area contributed by atoms with E-state index < -0.39 is 0 Å². The quantitative estimate of drug-likeness (QED) is 0.817. The molecule has 3 heteroatoms. The fraction of sp³-hybridized carbons (Fsp3) is 0.824. The summed E-state index contributed by atoms with van der Waals surface area (Å²) in [5.41, 5.74) is 1.74. The van der Waals surface area contributed by atoms with Gasteiger partial charge in [0.15, 0.2) is 0 Å². The molecule has 2 unspecified atom stereocenters. The van der Waals surface area contributed by atoms with E-state index in [1.807, 2.05) is 0 Å². The highest BCUT2D eigenvalue weighted by atomic mass is 15.3. The van der Waals surface area contributed by atoms with Gasteiger partial charge >= 0.3 is 0 Å². The van der Waals surface area contributed by atoms with Crippen LogP contribution in [0.25, 0.3) is 0 Å². The molecule has 1 aliphatic rings. The van der Waals surface area contributed by atoms with Crippen LogP contribution >= 0.6 is 0 Å². The Morgan fingerprint density at radius 1 is 1.35 bits per heavy atom. The van der Waals surface area contributed by atoms with E-state index in [2.05, 4.69) is 50.1 Å². The van der Waals surface area contributed by atoms with Crippen molar-refractivity contribution in [2.45, 2.75) is 77.8 Å². The zero-order valence-corrected chi connectivity index (χ0v) is 13.7. The molecular weight excluding hydrogens is 246 g/mol. The van der Waals surface area contributed by atoms with E-state index in [1.54, 1.807) is 0 Å². The minimum absolute atomic E-state index is 0.495. The van der Waals surface area contributed by atoms with Crippen molar-refractivity contribution in [3.63, 3.8) is 0 Å². The van der Waals surface area contributed by atoms with Gasteiger partial charge in [0.05, 0.1) is 5.69 Å². The fourth-order valence-corrected chi connectivity index (χ4v) is 3.78. The normalized spacial score (nSPS) is 21.0. The monoisotopic (exact) mass is 277 g/mol. The Bertz CT molecular complexity index is 404. The molecule has 0 amide bonds. The van der Waals surface area contributed by atoms with Gasteiger partial charge in [-0.3, -0.25) is 4.68 Å². The van der Waals surface area contributed by atoms with Gasteiger partial charge in [0.2, 0.25) is 0 Å². The molecule has 2 atom stereocenters. The molecule has 0 spiro atoms. The van der Waals surface area contributed by atoms with Crippen molar-refractivity contribution >= 4 is 0 Å². The minimum Gasteiger partial charge on any atom is -0.316 e. The van der Waals surface area contributed by atoms with E-state index in [0.717, 1.165) is 12.8 Å². The highest BCUT2D eigenvalue weighted by molar-refractivity contribution is 5.06. The van der Waals surface area contributed by atoms with Gasteiger partial charge < -0.3 is 5.32 Å². The number of likely N-dealkylation sites (N-methyl/N-ethyl adjacent to an activating group) is 1. The molecule has 0 saturated heterocycles. The molecule has 1 aliphatic carbocycles. The molecule has 0 aromatic carbocycles. The maximum absolute atomic E-state index is 4.78. The van der Waals surface area contributed by atoms with E-state index in [1.165, 1.54) is 37.8 Å². The van der Waals surface area contributed by atoms with Gasteiger partial charge in [-0.25, -0.2) is 0 Å². The molecule has 1 fully saturated rings. The molecule has 1 heterocycles. The summed E-state index contributed by atoms with van der Waals surface area (Å²) in [6.07, 6.45) is 11.2. The van der Waals surface area contributed by atoms with Crippen LogP contribution in [0.4, 0.5) is 0 Å². The van der Waals surface area contributed by atoms with Gasteiger partial charge in [-0.1, -0.05) is 26.7 Å². The molecule has 1 aromatic rings. The lowest BCUT2D eigenvalue weighted by Gasteiger charge is -2.36. The summed E-state index contributed by atoms with van der Waals surface area (Å²) in [4.78, 5) is 0. The van der Waals surface area contributed by atoms with Crippen LogP contribution < -0.4 is 5.32 Å². The number of nitrogens with zero attached hydrogens (tertiary/aromatic N) is 2. The van der Waals surface area contributed by atoms with Crippen molar-refractivity contribution in [1.29, 1.82) is 0 Å². The second-order valence-corrected chi connectivity index (χ2v) is 6.51. The Balaban J connectivity index is 2.08. The smallest absolute Gasteiger partial charge is 0.0640 e. The minimum atomic E-state index is 0.495. The summed E-state index contributed by atoms with van der Waals surface area (Å²) < 4.78 is 2.12. The lowest BCUT2D eigenvalue weighted by atomic mass is 9.74. The molecule has 0 radical (unpaired) electrons. The Morgan fingerprint density at radius 2 is 2.05 bits per heavy atom. The van der Waals surface area contributed by atoms with Gasteiger partial charge in [-0.15, -0.1) is 0 Å². The third kappa shape index (κ3) is 3.08. The van der Waals surface area contributed by atoms with Gasteiger partial charge in [-0.2, -0.15) is 5.10 Å². The SMILES string of the molecule is CCC(C)n1ccc(CC(NC)C2(CC)CCCC2)n1. The van der Waals surface area contributed by atoms with Gasteiger partial charge in [-0.05, 0) is 51.1 Å². The first-order valence-electron chi connectivity index (χ1n) is 8.36. The van der Waals surface area contributed by atoms with Gasteiger partial charge in [0.25, 0.3) is 0 Å². The number of hydrogen-bond donors (Lipinski definition) is 1. The molecule has 3 nitrogen and oxygen atoms in total.